The fourth-order valence-corrected chi connectivity index (χ4v) is 4.59. The van der Waals surface area contributed by atoms with E-state index >= 15 is 0 Å². The third-order valence-corrected chi connectivity index (χ3v) is 6.27. The second-order valence-electron chi connectivity index (χ2n) is 8.14. The van der Waals surface area contributed by atoms with E-state index in [1.54, 1.807) is 6.07 Å². The third-order valence-electron chi connectivity index (χ3n) is 6.27. The van der Waals surface area contributed by atoms with Crippen molar-refractivity contribution in [2.75, 3.05) is 26.2 Å². The third kappa shape index (κ3) is 3.77. The van der Waals surface area contributed by atoms with Gasteiger partial charge in [-0.25, -0.2) is 4.39 Å². The van der Waals surface area contributed by atoms with E-state index in [0.717, 1.165) is 60.9 Å². The molecule has 6 heteroatoms. The minimum Gasteiger partial charge on any atom is -0.358 e. The highest BCUT2D eigenvalue weighted by molar-refractivity contribution is 5.90. The van der Waals surface area contributed by atoms with Crippen LogP contribution in [0.1, 0.15) is 43.4 Å². The number of hydrogen-bond acceptors (Lipinski definition) is 2. The number of rotatable bonds is 3. The number of H-pyrrole nitrogens is 1. The molecule has 0 unspecified atom stereocenters. The summed E-state index contributed by atoms with van der Waals surface area (Å²) in [5.41, 5.74) is 2.63. The molecule has 2 saturated heterocycles. The number of piperidine rings is 2. The number of halogens is 1. The Morgan fingerprint density at radius 2 is 1.79 bits per heavy atom. The van der Waals surface area contributed by atoms with Gasteiger partial charge in [0.25, 0.3) is 0 Å². The van der Waals surface area contributed by atoms with Crippen LogP contribution < -0.4 is 0 Å². The predicted octanol–water partition coefficient (Wildman–Crippen LogP) is 3.41. The fraction of sp³-hybridized carbons (Fsp3) is 0.545. The molecule has 0 aliphatic carbocycles. The molecule has 0 atom stereocenters. The Bertz CT molecular complexity index is 877. The van der Waals surface area contributed by atoms with E-state index in [4.69, 9.17) is 0 Å². The summed E-state index contributed by atoms with van der Waals surface area (Å²) in [6.07, 6.45) is 5.17. The fourth-order valence-electron chi connectivity index (χ4n) is 4.59. The van der Waals surface area contributed by atoms with Gasteiger partial charge in [0.1, 0.15) is 5.82 Å². The first-order chi connectivity index (χ1) is 13.5. The topological polar surface area (TPSA) is 56.4 Å². The molecule has 0 saturated carbocycles. The van der Waals surface area contributed by atoms with Gasteiger partial charge in [-0.1, -0.05) is 0 Å². The Hall–Kier alpha value is -2.37. The van der Waals surface area contributed by atoms with Crippen LogP contribution in [0.5, 0.6) is 0 Å². The summed E-state index contributed by atoms with van der Waals surface area (Å²) in [5.74, 6) is 0.0789. The number of carbonyl (C=O) groups excluding carboxylic acids is 2. The van der Waals surface area contributed by atoms with Crippen LogP contribution >= 0.6 is 0 Å². The van der Waals surface area contributed by atoms with E-state index in [2.05, 4.69) is 4.98 Å². The first kappa shape index (κ1) is 19.0. The molecule has 1 aromatic heterocycles. The molecule has 1 N–H and O–H groups in total. The van der Waals surface area contributed by atoms with Gasteiger partial charge in [-0.05, 0) is 62.8 Å². The summed E-state index contributed by atoms with van der Waals surface area (Å²) in [5, 5.41) is 0.779. The lowest BCUT2D eigenvalue weighted by Crippen LogP contribution is -2.46. The summed E-state index contributed by atoms with van der Waals surface area (Å²) < 4.78 is 13.6. The van der Waals surface area contributed by atoms with E-state index < -0.39 is 0 Å². The van der Waals surface area contributed by atoms with Gasteiger partial charge in [0.05, 0.1) is 6.42 Å². The Morgan fingerprint density at radius 3 is 2.50 bits per heavy atom. The number of aromatic amines is 1. The second kappa shape index (κ2) is 7.94. The van der Waals surface area contributed by atoms with Gasteiger partial charge in [-0.2, -0.15) is 0 Å². The minimum atomic E-state index is -0.294. The first-order valence-electron chi connectivity index (χ1n) is 10.4. The monoisotopic (exact) mass is 385 g/mol. The SMILES string of the molecule is Cc1[nH]c2ccc(F)cc2c1CC(=O)N1CCC(C(=O)N2CCCCC2)CC1. The molecule has 2 fully saturated rings. The van der Waals surface area contributed by atoms with E-state index in [1.165, 1.54) is 18.6 Å². The molecule has 4 rings (SSSR count). The van der Waals surface area contributed by atoms with Crippen molar-refractivity contribution < 1.29 is 14.0 Å². The Kier molecular flexibility index (Phi) is 5.38. The summed E-state index contributed by atoms with van der Waals surface area (Å²) in [6, 6.07) is 4.63. The highest BCUT2D eigenvalue weighted by Crippen LogP contribution is 2.26. The maximum atomic E-state index is 13.6. The van der Waals surface area contributed by atoms with Gasteiger partial charge in [-0.15, -0.1) is 0 Å². The number of hydrogen-bond donors (Lipinski definition) is 1. The summed E-state index contributed by atoms with van der Waals surface area (Å²) in [7, 11) is 0. The van der Waals surface area contributed by atoms with Crippen LogP contribution in [0.2, 0.25) is 0 Å². The molecule has 2 aliphatic heterocycles. The highest BCUT2D eigenvalue weighted by atomic mass is 19.1. The van der Waals surface area contributed by atoms with Crippen molar-refractivity contribution in [3.05, 3.63) is 35.3 Å². The van der Waals surface area contributed by atoms with Crippen molar-refractivity contribution in [3.8, 4) is 0 Å². The lowest BCUT2D eigenvalue weighted by molar-refractivity contribution is -0.141. The average molecular weight is 385 g/mol. The quantitative estimate of drug-likeness (QED) is 0.880. The summed E-state index contributed by atoms with van der Waals surface area (Å²) in [4.78, 5) is 32.6. The molecular formula is C22H28FN3O2. The van der Waals surface area contributed by atoms with Crippen molar-refractivity contribution in [1.29, 1.82) is 0 Å². The van der Waals surface area contributed by atoms with Crippen molar-refractivity contribution in [2.24, 2.45) is 5.92 Å². The number of carbonyl (C=O) groups is 2. The molecule has 0 spiro atoms. The van der Waals surface area contributed by atoms with E-state index in [9.17, 15) is 14.0 Å². The van der Waals surface area contributed by atoms with E-state index in [1.807, 2.05) is 16.7 Å². The van der Waals surface area contributed by atoms with Gasteiger partial charge in [0.2, 0.25) is 11.8 Å². The Balaban J connectivity index is 1.37. The number of aromatic nitrogens is 1. The van der Waals surface area contributed by atoms with Crippen LogP contribution in [-0.2, 0) is 16.0 Å². The van der Waals surface area contributed by atoms with Gasteiger partial charge in [0, 0.05) is 48.7 Å². The molecule has 0 bridgehead atoms. The van der Waals surface area contributed by atoms with Gasteiger partial charge >= 0.3 is 0 Å². The summed E-state index contributed by atoms with van der Waals surface area (Å²) in [6.45, 7) is 4.94. The van der Waals surface area contributed by atoms with Crippen molar-refractivity contribution in [3.63, 3.8) is 0 Å². The van der Waals surface area contributed by atoms with Gasteiger partial charge in [0.15, 0.2) is 0 Å². The molecule has 1 aromatic carbocycles. The van der Waals surface area contributed by atoms with Crippen molar-refractivity contribution in [2.45, 2.75) is 45.4 Å². The maximum Gasteiger partial charge on any atom is 0.227 e. The van der Waals surface area contributed by atoms with E-state index in [-0.39, 0.29) is 30.0 Å². The predicted molar refractivity (Wildman–Crippen MR) is 106 cm³/mol. The van der Waals surface area contributed by atoms with Gasteiger partial charge in [-0.3, -0.25) is 9.59 Å². The summed E-state index contributed by atoms with van der Waals surface area (Å²) >= 11 is 0. The molecular weight excluding hydrogens is 357 g/mol. The van der Waals surface area contributed by atoms with Crippen molar-refractivity contribution >= 4 is 22.7 Å². The lowest BCUT2D eigenvalue weighted by Gasteiger charge is -2.35. The number of likely N-dealkylation sites (tertiary alicyclic amines) is 2. The molecule has 0 radical (unpaired) electrons. The number of nitrogens with zero attached hydrogens (tertiary/aromatic N) is 2. The molecule has 5 nitrogen and oxygen atoms in total. The van der Waals surface area contributed by atoms with Crippen LogP contribution in [0.25, 0.3) is 10.9 Å². The molecule has 28 heavy (non-hydrogen) atoms. The standard InChI is InChI=1S/C22H28FN3O2/c1-15-18(19-13-17(23)5-6-20(19)24-15)14-21(27)25-11-7-16(8-12-25)22(28)26-9-3-2-4-10-26/h5-6,13,16,24H,2-4,7-12,14H2,1H3. The van der Waals surface area contributed by atoms with Crippen LogP contribution in [-0.4, -0.2) is 52.8 Å². The zero-order chi connectivity index (χ0) is 19.7. The normalized spacial score (nSPS) is 18.6. The molecule has 150 valence electrons. The Labute approximate surface area is 164 Å². The zero-order valence-corrected chi connectivity index (χ0v) is 16.5. The van der Waals surface area contributed by atoms with Crippen LogP contribution in [0.3, 0.4) is 0 Å². The largest absolute Gasteiger partial charge is 0.358 e. The highest BCUT2D eigenvalue weighted by Gasteiger charge is 2.31. The zero-order valence-electron chi connectivity index (χ0n) is 16.5. The molecule has 2 aromatic rings. The lowest BCUT2D eigenvalue weighted by atomic mass is 9.94. The smallest absolute Gasteiger partial charge is 0.227 e. The molecule has 2 aliphatic rings. The number of fused-ring (bicyclic) bond motifs is 1. The minimum absolute atomic E-state index is 0.0473. The van der Waals surface area contributed by atoms with Crippen molar-refractivity contribution in [1.82, 2.24) is 14.8 Å². The van der Waals surface area contributed by atoms with E-state index in [0.29, 0.717) is 13.1 Å². The maximum absolute atomic E-state index is 13.6. The molecule has 2 amide bonds. The van der Waals surface area contributed by atoms with Crippen LogP contribution in [0, 0.1) is 18.7 Å². The first-order valence-corrected chi connectivity index (χ1v) is 10.4. The average Bonchev–Trinajstić information content (AvgIpc) is 3.03. The number of nitrogens with one attached hydrogen (secondary N) is 1. The number of amides is 2. The van der Waals surface area contributed by atoms with Crippen LogP contribution in [0.4, 0.5) is 4.39 Å². The van der Waals surface area contributed by atoms with Gasteiger partial charge < -0.3 is 14.8 Å². The number of aryl methyl sites for hydroxylation is 1. The van der Waals surface area contributed by atoms with Crippen LogP contribution in [0.15, 0.2) is 18.2 Å². The Morgan fingerprint density at radius 1 is 1.07 bits per heavy atom. The second-order valence-corrected chi connectivity index (χ2v) is 8.14. The molecule has 3 heterocycles. The number of benzene rings is 1.